The lowest BCUT2D eigenvalue weighted by atomic mass is 10.0. The second-order valence-corrected chi connectivity index (χ2v) is 11.8. The molecule has 19 heteroatoms. The first kappa shape index (κ1) is 35.7. The number of amides is 2. The number of hydrogen-bond donors (Lipinski definition) is 2. The Balaban J connectivity index is 1.74. The lowest BCUT2D eigenvalue weighted by Gasteiger charge is -2.27. The number of alkyl halides is 7. The minimum absolute atomic E-state index is 0.00795. The molecule has 0 spiro atoms. The van der Waals surface area contributed by atoms with Gasteiger partial charge in [0.2, 0.25) is 0 Å². The molecule has 0 saturated heterocycles. The maximum atomic E-state index is 14.5. The van der Waals surface area contributed by atoms with E-state index in [0.717, 1.165) is 16.3 Å². The molecule has 252 valence electrons. The second kappa shape index (κ2) is 13.5. The van der Waals surface area contributed by atoms with Crippen LogP contribution < -0.4 is 10.6 Å². The molecule has 10 nitrogen and oxygen atoms in total. The summed E-state index contributed by atoms with van der Waals surface area (Å²) < 4.78 is 94.8. The van der Waals surface area contributed by atoms with Gasteiger partial charge < -0.3 is 10.6 Å². The van der Waals surface area contributed by atoms with Gasteiger partial charge in [-0.25, -0.2) is 14.1 Å². The van der Waals surface area contributed by atoms with Crippen molar-refractivity contribution in [2.45, 2.75) is 51.4 Å². The summed E-state index contributed by atoms with van der Waals surface area (Å²) in [5.41, 5.74) is -6.57. The van der Waals surface area contributed by atoms with Crippen molar-refractivity contribution in [1.29, 1.82) is 0 Å². The lowest BCUT2D eigenvalue weighted by Crippen LogP contribution is -2.50. The molecule has 3 heterocycles. The van der Waals surface area contributed by atoms with E-state index in [-0.39, 0.29) is 45.7 Å². The molecule has 0 saturated carbocycles. The van der Waals surface area contributed by atoms with Crippen molar-refractivity contribution < 1.29 is 40.3 Å². The zero-order valence-corrected chi connectivity index (χ0v) is 26.5. The van der Waals surface area contributed by atoms with Gasteiger partial charge in [0.25, 0.3) is 11.8 Å². The molecule has 4 aromatic rings. The van der Waals surface area contributed by atoms with E-state index in [2.05, 4.69) is 30.9 Å². The van der Waals surface area contributed by atoms with E-state index in [9.17, 15) is 40.3 Å². The average Bonchev–Trinajstić information content (AvgIpc) is 3.60. The molecule has 2 amide bonds. The third kappa shape index (κ3) is 7.37. The van der Waals surface area contributed by atoms with Gasteiger partial charge in [-0.2, -0.15) is 58.2 Å². The van der Waals surface area contributed by atoms with Gasteiger partial charge in [0.1, 0.15) is 17.9 Å². The number of anilines is 1. The molecule has 0 aliphatic rings. The van der Waals surface area contributed by atoms with E-state index in [0.29, 0.717) is 16.1 Å². The molecule has 4 rings (SSSR count). The summed E-state index contributed by atoms with van der Waals surface area (Å²) in [6.45, 7) is 4.59. The van der Waals surface area contributed by atoms with Crippen molar-refractivity contribution in [3.63, 3.8) is 0 Å². The third-order valence-electron chi connectivity index (χ3n) is 6.66. The highest BCUT2D eigenvalue weighted by molar-refractivity contribution is 7.98. The van der Waals surface area contributed by atoms with Crippen LogP contribution in [-0.4, -0.2) is 72.0 Å². The Morgan fingerprint density at radius 3 is 2.32 bits per heavy atom. The van der Waals surface area contributed by atoms with Gasteiger partial charge in [0, 0.05) is 18.0 Å². The van der Waals surface area contributed by atoms with Crippen LogP contribution in [0.25, 0.3) is 5.82 Å². The highest BCUT2D eigenvalue weighted by atomic mass is 35.5. The van der Waals surface area contributed by atoms with E-state index < -0.39 is 42.1 Å². The van der Waals surface area contributed by atoms with Crippen LogP contribution in [-0.2, 0) is 12.2 Å². The van der Waals surface area contributed by atoms with Gasteiger partial charge in [-0.1, -0.05) is 17.7 Å². The van der Waals surface area contributed by atoms with Gasteiger partial charge in [-0.15, -0.1) is 0 Å². The van der Waals surface area contributed by atoms with E-state index >= 15 is 0 Å². The fraction of sp³-hybridized carbons (Fsp3) is 0.357. The molecular weight excluding hydrogens is 681 g/mol. The van der Waals surface area contributed by atoms with Crippen molar-refractivity contribution >= 4 is 40.9 Å². The quantitative estimate of drug-likeness (QED) is 0.189. The van der Waals surface area contributed by atoms with Gasteiger partial charge in [0.05, 0.1) is 28.2 Å². The molecule has 1 aromatic carbocycles. The number of aromatic nitrogens is 6. The lowest BCUT2D eigenvalue weighted by molar-refractivity contribution is -0.350. The van der Waals surface area contributed by atoms with Gasteiger partial charge >= 0.3 is 18.0 Å². The first-order valence-electron chi connectivity index (χ1n) is 13.5. The molecule has 0 unspecified atom stereocenters. The molecule has 0 fully saturated rings. The Morgan fingerprint density at radius 1 is 1.02 bits per heavy atom. The van der Waals surface area contributed by atoms with Crippen LogP contribution in [0.5, 0.6) is 0 Å². The Hall–Kier alpha value is -4.19. The first-order chi connectivity index (χ1) is 21.9. The summed E-state index contributed by atoms with van der Waals surface area (Å²) in [6.07, 6.45) is -9.54. The molecule has 0 bridgehead atoms. The van der Waals surface area contributed by atoms with Crippen molar-refractivity contribution in [1.82, 2.24) is 35.1 Å². The number of aryl methyl sites for hydroxylation is 2. The normalized spacial score (nSPS) is 13.0. The van der Waals surface area contributed by atoms with Crippen LogP contribution in [0.2, 0.25) is 5.02 Å². The number of halogens is 8. The highest BCUT2D eigenvalue weighted by Crippen LogP contribution is 2.52. The molecule has 2 N–H and O–H groups in total. The monoisotopic (exact) mass is 706 g/mol. The standard InChI is InChI=1S/C28H26ClF7N8O2S/c1-14-8-15(2)22(18(9-14)24(45)39-16(3)13-47-4)40-25(46)20-10-17(41-44(20)23-19(29)6-5-7-37-23)12-43-38-11-21(42-43)26(30,27(31,32)33)28(34,35)36/h5-11,16H,12-13H2,1-4H3,(H,39,45)(H,40,46)/t16-/m0/s1. The summed E-state index contributed by atoms with van der Waals surface area (Å²) in [5, 5.41) is 16.3. The predicted molar refractivity (Wildman–Crippen MR) is 160 cm³/mol. The average molecular weight is 707 g/mol. The maximum absolute atomic E-state index is 14.5. The number of carbonyl (C=O) groups is 2. The molecule has 1 atom stereocenters. The molecule has 0 aliphatic carbocycles. The third-order valence-corrected chi connectivity index (χ3v) is 7.79. The minimum atomic E-state index is -6.38. The summed E-state index contributed by atoms with van der Waals surface area (Å²) >= 11 is 7.83. The smallest absolute Gasteiger partial charge is 0.349 e. The van der Waals surface area contributed by atoms with Crippen LogP contribution in [0.1, 0.15) is 50.3 Å². The molecule has 3 aromatic heterocycles. The van der Waals surface area contributed by atoms with Crippen LogP contribution in [0, 0.1) is 13.8 Å². The Morgan fingerprint density at radius 2 is 1.70 bits per heavy atom. The second-order valence-electron chi connectivity index (χ2n) is 10.4. The van der Waals surface area contributed by atoms with E-state index in [1.807, 2.05) is 13.2 Å². The highest BCUT2D eigenvalue weighted by Gasteiger charge is 2.75. The number of thioether (sulfide) groups is 1. The molecule has 0 aliphatic heterocycles. The van der Waals surface area contributed by atoms with Gasteiger partial charge in [0.15, 0.2) is 5.82 Å². The number of benzene rings is 1. The largest absolute Gasteiger partial charge is 0.437 e. The van der Waals surface area contributed by atoms with E-state index in [1.165, 1.54) is 30.1 Å². The summed E-state index contributed by atoms with van der Waals surface area (Å²) in [6, 6.07) is 7.21. The fourth-order valence-electron chi connectivity index (χ4n) is 4.57. The topological polar surface area (TPSA) is 120 Å². The Labute approximate surface area is 272 Å². The molecular formula is C28H26ClF7N8O2S. The number of carbonyl (C=O) groups excluding carboxylic acids is 2. The Kier molecular flexibility index (Phi) is 10.2. The van der Waals surface area contributed by atoms with E-state index in [4.69, 9.17) is 11.6 Å². The molecule has 0 radical (unpaired) electrons. The number of nitrogens with one attached hydrogen (secondary N) is 2. The predicted octanol–water partition coefficient (Wildman–Crippen LogP) is 6.20. The SMILES string of the molecule is CSC[C@H](C)NC(=O)c1cc(C)cc(C)c1NC(=O)c1cc(Cn2ncc(C(F)(C(F)(F)F)C(F)(F)F)n2)nn1-c1ncccc1Cl. The zero-order valence-electron chi connectivity index (χ0n) is 25.0. The van der Waals surface area contributed by atoms with Crippen LogP contribution in [0.4, 0.5) is 36.4 Å². The number of nitrogens with zero attached hydrogens (tertiary/aromatic N) is 6. The van der Waals surface area contributed by atoms with Crippen LogP contribution in [0.15, 0.2) is 42.7 Å². The number of rotatable bonds is 10. The number of pyridine rings is 1. The fourth-order valence-corrected chi connectivity index (χ4v) is 5.36. The van der Waals surface area contributed by atoms with Crippen molar-refractivity contribution in [2.75, 3.05) is 17.3 Å². The maximum Gasteiger partial charge on any atom is 0.437 e. The number of hydrogen-bond acceptors (Lipinski definition) is 7. The minimum Gasteiger partial charge on any atom is -0.349 e. The van der Waals surface area contributed by atoms with E-state index in [1.54, 1.807) is 26.0 Å². The van der Waals surface area contributed by atoms with Crippen LogP contribution in [0.3, 0.4) is 0 Å². The van der Waals surface area contributed by atoms with Gasteiger partial charge in [-0.3, -0.25) is 9.59 Å². The van der Waals surface area contributed by atoms with Crippen molar-refractivity contribution in [3.8, 4) is 5.82 Å². The summed E-state index contributed by atoms with van der Waals surface area (Å²) in [7, 11) is 0. The van der Waals surface area contributed by atoms with Gasteiger partial charge in [-0.05, 0) is 62.4 Å². The van der Waals surface area contributed by atoms with Crippen molar-refractivity contribution in [3.05, 3.63) is 81.5 Å². The zero-order chi connectivity index (χ0) is 34.9. The summed E-state index contributed by atoms with van der Waals surface area (Å²) in [5.74, 6) is -0.690. The first-order valence-corrected chi connectivity index (χ1v) is 15.3. The van der Waals surface area contributed by atoms with Crippen LogP contribution >= 0.6 is 23.4 Å². The summed E-state index contributed by atoms with van der Waals surface area (Å²) in [4.78, 5) is 31.5. The molecule has 47 heavy (non-hydrogen) atoms. The van der Waals surface area contributed by atoms with Crippen molar-refractivity contribution in [2.24, 2.45) is 0 Å². The Bertz CT molecular complexity index is 1780.